The number of hydrogen-bond acceptors (Lipinski definition) is 2. The van der Waals surface area contributed by atoms with Gasteiger partial charge >= 0.3 is 0 Å². The highest BCUT2D eigenvalue weighted by Gasteiger charge is 1.94. The van der Waals surface area contributed by atoms with Crippen molar-refractivity contribution in [3.63, 3.8) is 0 Å². The Bertz CT molecular complexity index is 294. The number of benzene rings is 1. The molecule has 64 valence electrons. The predicted molar refractivity (Wildman–Crippen MR) is 56.0 cm³/mol. The van der Waals surface area contributed by atoms with Crippen LogP contribution in [0.3, 0.4) is 0 Å². The Kier molecular flexibility index (Phi) is 3.17. The van der Waals surface area contributed by atoms with Gasteiger partial charge < -0.3 is 5.73 Å². The van der Waals surface area contributed by atoms with Crippen molar-refractivity contribution in [2.75, 3.05) is 6.26 Å². The second-order valence-corrected chi connectivity index (χ2v) is 3.27. The molecule has 1 aromatic rings. The minimum absolute atomic E-state index is 0.601. The number of nitrogens with zero attached hydrogens (tertiary/aromatic N) is 1. The quantitative estimate of drug-likeness (QED) is 0.532. The number of para-hydroxylation sites is 1. The van der Waals surface area contributed by atoms with Gasteiger partial charge in [0.15, 0.2) is 5.17 Å². The SMILES string of the molecule is CSC(N)=Nc1ccccc1C. The van der Waals surface area contributed by atoms with E-state index in [0.717, 1.165) is 11.3 Å². The van der Waals surface area contributed by atoms with Crippen LogP contribution in [-0.4, -0.2) is 11.4 Å². The second-order valence-electron chi connectivity index (χ2n) is 2.44. The largest absolute Gasteiger partial charge is 0.378 e. The zero-order chi connectivity index (χ0) is 8.97. The molecule has 0 unspecified atom stereocenters. The van der Waals surface area contributed by atoms with Gasteiger partial charge in [0, 0.05) is 0 Å². The van der Waals surface area contributed by atoms with Crippen LogP contribution in [0, 0.1) is 6.92 Å². The summed E-state index contributed by atoms with van der Waals surface area (Å²) in [5.74, 6) is 0. The summed E-state index contributed by atoms with van der Waals surface area (Å²) in [5.41, 5.74) is 7.68. The molecule has 2 nitrogen and oxygen atoms in total. The van der Waals surface area contributed by atoms with Gasteiger partial charge in [0.25, 0.3) is 0 Å². The number of rotatable bonds is 1. The molecule has 1 aromatic carbocycles. The van der Waals surface area contributed by atoms with Crippen LogP contribution in [-0.2, 0) is 0 Å². The molecule has 0 spiro atoms. The first-order chi connectivity index (χ1) is 5.74. The van der Waals surface area contributed by atoms with Crippen LogP contribution in [0.4, 0.5) is 5.69 Å². The van der Waals surface area contributed by atoms with Gasteiger partial charge in [-0.3, -0.25) is 0 Å². The Morgan fingerprint density at radius 1 is 1.42 bits per heavy atom. The molecule has 2 N–H and O–H groups in total. The molecule has 0 saturated heterocycles. The summed E-state index contributed by atoms with van der Waals surface area (Å²) in [7, 11) is 0. The average Bonchev–Trinajstić information content (AvgIpc) is 2.09. The highest BCUT2D eigenvalue weighted by atomic mass is 32.2. The van der Waals surface area contributed by atoms with Crippen molar-refractivity contribution in [2.45, 2.75) is 6.92 Å². The second kappa shape index (κ2) is 4.16. The Hall–Kier alpha value is -0.960. The third-order valence-corrected chi connectivity index (χ3v) is 2.06. The average molecular weight is 180 g/mol. The Morgan fingerprint density at radius 3 is 2.67 bits per heavy atom. The van der Waals surface area contributed by atoms with Crippen LogP contribution in [0.2, 0.25) is 0 Å². The number of amidine groups is 1. The molecule has 0 fully saturated rings. The van der Waals surface area contributed by atoms with E-state index in [1.165, 1.54) is 11.8 Å². The van der Waals surface area contributed by atoms with Crippen LogP contribution in [0.15, 0.2) is 29.3 Å². The lowest BCUT2D eigenvalue weighted by Crippen LogP contribution is -2.04. The monoisotopic (exact) mass is 180 g/mol. The van der Waals surface area contributed by atoms with Gasteiger partial charge in [0.2, 0.25) is 0 Å². The van der Waals surface area contributed by atoms with E-state index < -0.39 is 0 Å². The van der Waals surface area contributed by atoms with Crippen molar-refractivity contribution in [3.05, 3.63) is 29.8 Å². The summed E-state index contributed by atoms with van der Waals surface area (Å²) in [4.78, 5) is 4.23. The smallest absolute Gasteiger partial charge is 0.158 e. The van der Waals surface area contributed by atoms with Crippen LogP contribution in [0.25, 0.3) is 0 Å². The van der Waals surface area contributed by atoms with Gasteiger partial charge in [-0.05, 0) is 24.8 Å². The van der Waals surface area contributed by atoms with Crippen molar-refractivity contribution >= 4 is 22.6 Å². The molecule has 3 heteroatoms. The molecule has 12 heavy (non-hydrogen) atoms. The first-order valence-electron chi connectivity index (χ1n) is 3.68. The summed E-state index contributed by atoms with van der Waals surface area (Å²) >= 11 is 1.46. The zero-order valence-electron chi connectivity index (χ0n) is 7.24. The predicted octanol–water partition coefficient (Wildman–Crippen LogP) is 2.30. The zero-order valence-corrected chi connectivity index (χ0v) is 8.06. The molecular formula is C9H12N2S. The van der Waals surface area contributed by atoms with E-state index in [1.807, 2.05) is 37.4 Å². The molecule has 0 heterocycles. The van der Waals surface area contributed by atoms with E-state index in [9.17, 15) is 0 Å². The van der Waals surface area contributed by atoms with Crippen LogP contribution < -0.4 is 5.73 Å². The van der Waals surface area contributed by atoms with E-state index in [-0.39, 0.29) is 0 Å². The van der Waals surface area contributed by atoms with E-state index in [4.69, 9.17) is 5.73 Å². The standard InChI is InChI=1S/C9H12N2S/c1-7-5-3-4-6-8(7)11-9(10)12-2/h3-6H,1-2H3,(H2,10,11). The fourth-order valence-electron chi connectivity index (χ4n) is 0.853. The van der Waals surface area contributed by atoms with Gasteiger partial charge in [-0.1, -0.05) is 30.0 Å². The molecule has 0 atom stereocenters. The lowest BCUT2D eigenvalue weighted by molar-refractivity contribution is 1.39. The lowest BCUT2D eigenvalue weighted by Gasteiger charge is -1.99. The van der Waals surface area contributed by atoms with Crippen molar-refractivity contribution in [1.82, 2.24) is 0 Å². The van der Waals surface area contributed by atoms with Gasteiger partial charge in [-0.25, -0.2) is 4.99 Å². The van der Waals surface area contributed by atoms with Crippen molar-refractivity contribution in [3.8, 4) is 0 Å². The molecule has 0 aliphatic heterocycles. The van der Waals surface area contributed by atoms with E-state index >= 15 is 0 Å². The Morgan fingerprint density at radius 2 is 2.08 bits per heavy atom. The van der Waals surface area contributed by atoms with Crippen molar-refractivity contribution in [1.29, 1.82) is 0 Å². The highest BCUT2D eigenvalue weighted by molar-refractivity contribution is 8.13. The molecule has 0 aromatic heterocycles. The van der Waals surface area contributed by atoms with Gasteiger partial charge in [-0.15, -0.1) is 0 Å². The molecule has 0 radical (unpaired) electrons. The molecule has 0 amide bonds. The van der Waals surface area contributed by atoms with E-state index in [2.05, 4.69) is 4.99 Å². The maximum atomic E-state index is 5.59. The Balaban J connectivity index is 2.96. The first kappa shape index (κ1) is 9.13. The normalized spacial score (nSPS) is 11.7. The highest BCUT2D eigenvalue weighted by Crippen LogP contribution is 2.17. The first-order valence-corrected chi connectivity index (χ1v) is 4.90. The summed E-state index contributed by atoms with van der Waals surface area (Å²) in [6.45, 7) is 2.02. The van der Waals surface area contributed by atoms with Crippen LogP contribution in [0.1, 0.15) is 5.56 Å². The molecule has 1 rings (SSSR count). The van der Waals surface area contributed by atoms with Crippen molar-refractivity contribution in [2.24, 2.45) is 10.7 Å². The van der Waals surface area contributed by atoms with Gasteiger partial charge in [0.05, 0.1) is 5.69 Å². The molecule has 0 bridgehead atoms. The minimum Gasteiger partial charge on any atom is -0.378 e. The number of thioether (sulfide) groups is 1. The third kappa shape index (κ3) is 2.27. The summed E-state index contributed by atoms with van der Waals surface area (Å²) in [6, 6.07) is 7.92. The molecule has 0 aliphatic rings. The molecule has 0 aliphatic carbocycles. The van der Waals surface area contributed by atoms with Crippen LogP contribution in [0.5, 0.6) is 0 Å². The van der Waals surface area contributed by atoms with Crippen molar-refractivity contribution < 1.29 is 0 Å². The molecular weight excluding hydrogens is 168 g/mol. The number of nitrogens with two attached hydrogens (primary N) is 1. The lowest BCUT2D eigenvalue weighted by atomic mass is 10.2. The molecule has 0 saturated carbocycles. The number of hydrogen-bond donors (Lipinski definition) is 1. The minimum atomic E-state index is 0.601. The summed E-state index contributed by atoms with van der Waals surface area (Å²) < 4.78 is 0. The third-order valence-electron chi connectivity index (χ3n) is 1.56. The van der Waals surface area contributed by atoms with Gasteiger partial charge in [-0.2, -0.15) is 0 Å². The van der Waals surface area contributed by atoms with Crippen LogP contribution >= 0.6 is 11.8 Å². The summed E-state index contributed by atoms with van der Waals surface area (Å²) in [6.07, 6.45) is 1.91. The maximum Gasteiger partial charge on any atom is 0.158 e. The number of aryl methyl sites for hydroxylation is 1. The topological polar surface area (TPSA) is 38.4 Å². The number of aliphatic imine (C=N–C) groups is 1. The van der Waals surface area contributed by atoms with Gasteiger partial charge in [0.1, 0.15) is 0 Å². The summed E-state index contributed by atoms with van der Waals surface area (Å²) in [5, 5.41) is 0.601. The van der Waals surface area contributed by atoms with E-state index in [0.29, 0.717) is 5.17 Å². The Labute approximate surface area is 76.9 Å². The fraction of sp³-hybridized carbons (Fsp3) is 0.222. The van der Waals surface area contributed by atoms with E-state index in [1.54, 1.807) is 0 Å². The fourth-order valence-corrected chi connectivity index (χ4v) is 1.04. The maximum absolute atomic E-state index is 5.59.